The highest BCUT2D eigenvalue weighted by atomic mass is 16.1. The number of nitrogens with zero attached hydrogens (tertiary/aromatic N) is 4. The first-order valence-corrected chi connectivity index (χ1v) is 9.12. The van der Waals surface area contributed by atoms with Crippen LogP contribution in [0.3, 0.4) is 0 Å². The summed E-state index contributed by atoms with van der Waals surface area (Å²) in [4.78, 5) is 16.7. The molecule has 0 fully saturated rings. The molecule has 0 saturated heterocycles. The molecule has 8 heteroatoms. The lowest BCUT2D eigenvalue weighted by molar-refractivity contribution is 0.0945. The van der Waals surface area contributed by atoms with Gasteiger partial charge in [-0.2, -0.15) is 10.2 Å². The van der Waals surface area contributed by atoms with E-state index in [4.69, 9.17) is 0 Å². The maximum absolute atomic E-state index is 12.4. The van der Waals surface area contributed by atoms with Crippen molar-refractivity contribution in [2.24, 2.45) is 0 Å². The Kier molecular flexibility index (Phi) is 5.16. The van der Waals surface area contributed by atoms with Gasteiger partial charge in [-0.05, 0) is 12.1 Å². The van der Waals surface area contributed by atoms with E-state index in [1.807, 2.05) is 12.3 Å². The van der Waals surface area contributed by atoms with Gasteiger partial charge in [0, 0.05) is 23.7 Å². The largest absolute Gasteiger partial charge is 0.345 e. The van der Waals surface area contributed by atoms with E-state index in [0.29, 0.717) is 24.7 Å². The summed E-state index contributed by atoms with van der Waals surface area (Å²) in [7, 11) is 0. The molecule has 0 aliphatic heterocycles. The Balaban J connectivity index is 1.60. The van der Waals surface area contributed by atoms with Crippen LogP contribution in [0.25, 0.3) is 0 Å². The van der Waals surface area contributed by atoms with Crippen molar-refractivity contribution in [3.05, 3.63) is 53.1 Å². The Labute approximate surface area is 158 Å². The standard InChI is InChI=1S/C19H27N7O/c1-12(2)17-20-6-7-26(17)11-14-8-15(24-23-14)18(27)21-10-13-9-16(25-22-13)19(3,4)5/h6-9,12H,10-11H2,1-5H3,(H,21,27)(H,22,25)(H,23,24). The minimum Gasteiger partial charge on any atom is -0.345 e. The number of imidazole rings is 1. The Morgan fingerprint density at radius 3 is 2.59 bits per heavy atom. The average Bonchev–Trinajstić information content (AvgIpc) is 3.32. The molecule has 0 saturated carbocycles. The van der Waals surface area contributed by atoms with Gasteiger partial charge >= 0.3 is 0 Å². The molecular weight excluding hydrogens is 342 g/mol. The summed E-state index contributed by atoms with van der Waals surface area (Å²) < 4.78 is 2.05. The maximum atomic E-state index is 12.4. The van der Waals surface area contributed by atoms with Crippen molar-refractivity contribution in [2.75, 3.05) is 0 Å². The maximum Gasteiger partial charge on any atom is 0.272 e. The van der Waals surface area contributed by atoms with Crippen LogP contribution >= 0.6 is 0 Å². The number of rotatable bonds is 6. The first kappa shape index (κ1) is 18.9. The summed E-state index contributed by atoms with van der Waals surface area (Å²) in [5, 5.41) is 17.2. The first-order valence-electron chi connectivity index (χ1n) is 9.12. The van der Waals surface area contributed by atoms with Crippen LogP contribution in [0.4, 0.5) is 0 Å². The fourth-order valence-electron chi connectivity index (χ4n) is 2.80. The van der Waals surface area contributed by atoms with Crippen molar-refractivity contribution in [3.63, 3.8) is 0 Å². The molecule has 0 radical (unpaired) electrons. The van der Waals surface area contributed by atoms with Crippen LogP contribution < -0.4 is 5.32 Å². The zero-order valence-electron chi connectivity index (χ0n) is 16.5. The molecule has 1 amide bonds. The van der Waals surface area contributed by atoms with E-state index in [1.165, 1.54) is 0 Å². The topological polar surface area (TPSA) is 104 Å². The van der Waals surface area contributed by atoms with Crippen LogP contribution in [-0.2, 0) is 18.5 Å². The first-order chi connectivity index (χ1) is 12.7. The molecule has 144 valence electrons. The van der Waals surface area contributed by atoms with Crippen LogP contribution in [0.2, 0.25) is 0 Å². The zero-order chi connectivity index (χ0) is 19.6. The molecule has 27 heavy (non-hydrogen) atoms. The predicted molar refractivity (Wildman–Crippen MR) is 102 cm³/mol. The predicted octanol–water partition coefficient (Wildman–Crippen LogP) is 2.73. The van der Waals surface area contributed by atoms with E-state index in [-0.39, 0.29) is 11.3 Å². The van der Waals surface area contributed by atoms with Gasteiger partial charge in [0.25, 0.3) is 5.91 Å². The molecule has 0 spiro atoms. The van der Waals surface area contributed by atoms with Crippen molar-refractivity contribution >= 4 is 5.91 Å². The van der Waals surface area contributed by atoms with Crippen molar-refractivity contribution in [1.29, 1.82) is 0 Å². The Hall–Kier alpha value is -2.90. The number of hydrogen-bond donors (Lipinski definition) is 3. The number of carbonyl (C=O) groups is 1. The van der Waals surface area contributed by atoms with E-state index < -0.39 is 0 Å². The van der Waals surface area contributed by atoms with Crippen molar-refractivity contribution < 1.29 is 4.79 Å². The van der Waals surface area contributed by atoms with Crippen molar-refractivity contribution in [1.82, 2.24) is 35.3 Å². The number of H-pyrrole nitrogens is 2. The van der Waals surface area contributed by atoms with Gasteiger partial charge in [0.2, 0.25) is 0 Å². The highest BCUT2D eigenvalue weighted by Gasteiger charge is 2.18. The van der Waals surface area contributed by atoms with Gasteiger partial charge in [0.15, 0.2) is 0 Å². The summed E-state index contributed by atoms with van der Waals surface area (Å²) in [5.74, 6) is 1.11. The molecule has 0 aromatic carbocycles. The fraction of sp³-hybridized carbons (Fsp3) is 0.474. The van der Waals surface area contributed by atoms with Crippen LogP contribution in [0.1, 0.15) is 73.9 Å². The molecule has 0 aliphatic carbocycles. The Bertz CT molecular complexity index is 911. The van der Waals surface area contributed by atoms with Crippen LogP contribution in [0.5, 0.6) is 0 Å². The fourth-order valence-corrected chi connectivity index (χ4v) is 2.80. The third-order valence-electron chi connectivity index (χ3n) is 4.31. The third kappa shape index (κ3) is 4.45. The highest BCUT2D eigenvalue weighted by molar-refractivity contribution is 5.92. The number of aromatic amines is 2. The van der Waals surface area contributed by atoms with Gasteiger partial charge in [0.05, 0.1) is 30.2 Å². The number of nitrogens with one attached hydrogen (secondary N) is 3. The summed E-state index contributed by atoms with van der Waals surface area (Å²) in [6.07, 6.45) is 3.72. The molecule has 0 atom stereocenters. The minimum absolute atomic E-state index is 0.0297. The van der Waals surface area contributed by atoms with E-state index >= 15 is 0 Å². The van der Waals surface area contributed by atoms with Crippen molar-refractivity contribution in [3.8, 4) is 0 Å². The molecule has 3 aromatic rings. The van der Waals surface area contributed by atoms with E-state index in [1.54, 1.807) is 12.3 Å². The molecular formula is C19H27N7O. The number of carbonyl (C=O) groups excluding carboxylic acids is 1. The van der Waals surface area contributed by atoms with Crippen LogP contribution in [0.15, 0.2) is 24.5 Å². The summed E-state index contributed by atoms with van der Waals surface area (Å²) in [6.45, 7) is 11.5. The van der Waals surface area contributed by atoms with Crippen LogP contribution in [-0.4, -0.2) is 35.9 Å². The SMILES string of the molecule is CC(C)c1nccn1Cc1cc(C(=O)NCc2cc(C(C)(C)C)n[nH]2)n[nH]1. The Morgan fingerprint density at radius 2 is 1.93 bits per heavy atom. The van der Waals surface area contributed by atoms with Gasteiger partial charge in [-0.15, -0.1) is 0 Å². The quantitative estimate of drug-likeness (QED) is 0.621. The third-order valence-corrected chi connectivity index (χ3v) is 4.31. The van der Waals surface area contributed by atoms with Gasteiger partial charge in [-0.1, -0.05) is 34.6 Å². The summed E-state index contributed by atoms with van der Waals surface area (Å²) in [6, 6.07) is 3.75. The molecule has 0 aliphatic rings. The minimum atomic E-state index is -0.223. The number of amides is 1. The van der Waals surface area contributed by atoms with E-state index in [2.05, 4.69) is 69.9 Å². The monoisotopic (exact) mass is 369 g/mol. The molecule has 3 rings (SSSR count). The lowest BCUT2D eigenvalue weighted by Crippen LogP contribution is -2.23. The molecule has 0 bridgehead atoms. The second-order valence-electron chi connectivity index (χ2n) is 8.06. The normalized spacial score (nSPS) is 11.9. The summed E-state index contributed by atoms with van der Waals surface area (Å²) >= 11 is 0. The molecule has 3 aromatic heterocycles. The van der Waals surface area contributed by atoms with Crippen molar-refractivity contribution in [2.45, 2.75) is 59.0 Å². The molecule has 0 unspecified atom stereocenters. The number of aromatic nitrogens is 6. The lowest BCUT2D eigenvalue weighted by Gasteiger charge is -2.13. The second kappa shape index (κ2) is 7.38. The van der Waals surface area contributed by atoms with Crippen LogP contribution in [0, 0.1) is 0 Å². The summed E-state index contributed by atoms with van der Waals surface area (Å²) in [5.41, 5.74) is 3.03. The Morgan fingerprint density at radius 1 is 1.19 bits per heavy atom. The van der Waals surface area contributed by atoms with E-state index in [0.717, 1.165) is 22.9 Å². The average molecular weight is 369 g/mol. The van der Waals surface area contributed by atoms with Gasteiger partial charge < -0.3 is 9.88 Å². The highest BCUT2D eigenvalue weighted by Crippen LogP contribution is 2.20. The molecule has 3 N–H and O–H groups in total. The van der Waals surface area contributed by atoms with Gasteiger partial charge in [-0.3, -0.25) is 15.0 Å². The van der Waals surface area contributed by atoms with Gasteiger partial charge in [-0.25, -0.2) is 4.98 Å². The van der Waals surface area contributed by atoms with E-state index in [9.17, 15) is 4.79 Å². The zero-order valence-corrected chi connectivity index (χ0v) is 16.5. The van der Waals surface area contributed by atoms with Gasteiger partial charge in [0.1, 0.15) is 11.5 Å². The number of hydrogen-bond acceptors (Lipinski definition) is 4. The smallest absolute Gasteiger partial charge is 0.272 e. The molecule has 3 heterocycles. The lowest BCUT2D eigenvalue weighted by atomic mass is 9.92. The second-order valence-corrected chi connectivity index (χ2v) is 8.06. The molecule has 8 nitrogen and oxygen atoms in total.